The van der Waals surface area contributed by atoms with E-state index in [1.54, 1.807) is 0 Å². The molecular formula is H7Mg2O5P. The van der Waals surface area contributed by atoms with E-state index >= 15 is 0 Å². The number of hydrogen-bond acceptors (Lipinski definition) is 5. The maximum atomic E-state index is 7.89. The van der Waals surface area contributed by atoms with Gasteiger partial charge in [0, 0.05) is 0 Å². The Morgan fingerprint density at radius 1 is 0.875 bits per heavy atom. The van der Waals surface area contributed by atoms with Gasteiger partial charge in [-0.1, -0.05) is 0 Å². The van der Waals surface area contributed by atoms with Crippen molar-refractivity contribution in [3.05, 3.63) is 0 Å². The monoisotopic (exact) mass is 166 g/mol. The molecule has 0 radical (unpaired) electrons. The van der Waals surface area contributed by atoms with Gasteiger partial charge >= 0.3 is 77.9 Å². The van der Waals surface area contributed by atoms with Gasteiger partial charge in [0.05, 0.1) is 0 Å². The Labute approximate surface area is 77.6 Å². The van der Waals surface area contributed by atoms with Crippen molar-refractivity contribution in [3.8, 4) is 0 Å². The molecule has 1 rings (SSSR count). The van der Waals surface area contributed by atoms with Gasteiger partial charge in [0.15, 0.2) is 0 Å². The van der Waals surface area contributed by atoms with Crippen molar-refractivity contribution in [2.24, 2.45) is 0 Å². The average molecular weight is 167 g/mol. The minimum atomic E-state index is -4.80. The molecular weight excluding hydrogens is 160 g/mol. The molecule has 0 atom stereocenters. The first-order valence-electron chi connectivity index (χ1n) is 1.13. The Hall–Kier alpha value is 1.76. The molecule has 0 amide bonds. The molecule has 0 aromatic heterocycles. The van der Waals surface area contributed by atoms with Crippen LogP contribution in [0.5, 0.6) is 0 Å². The average Bonchev–Trinajstić information content (AvgIpc) is 1.73. The van der Waals surface area contributed by atoms with Gasteiger partial charge in [-0.05, 0) is 0 Å². The minimum absolute atomic E-state index is 0. The summed E-state index contributed by atoms with van der Waals surface area (Å²) < 4.78 is 6.76. The Kier molecular flexibility index (Phi) is 4.33. The standard InChI is InChI=1S/2Mg.H3O5P.4H/c;;1-6(2,3)4-5-6;;;;/h;;1-3H;;;;. The first-order chi connectivity index (χ1) is 2.47. The number of rotatable bonds is 0. The molecule has 1 saturated heterocycles. The summed E-state index contributed by atoms with van der Waals surface area (Å²) in [6.07, 6.45) is 0. The third-order valence-electron chi connectivity index (χ3n) is 0.275. The van der Waals surface area contributed by atoms with Crippen molar-refractivity contribution in [2.75, 3.05) is 0 Å². The largest absolute Gasteiger partial charge is 0.316 e. The maximum Gasteiger partial charge on any atom is 0.316 e. The van der Waals surface area contributed by atoms with Crippen molar-refractivity contribution < 1.29 is 24.0 Å². The summed E-state index contributed by atoms with van der Waals surface area (Å²) in [5.41, 5.74) is 0. The summed E-state index contributed by atoms with van der Waals surface area (Å²) in [6, 6.07) is 0. The van der Waals surface area contributed by atoms with Crippen LogP contribution in [-0.4, -0.2) is 60.8 Å². The second-order valence-electron chi connectivity index (χ2n) is 0.982. The maximum absolute atomic E-state index is 7.89. The van der Waals surface area contributed by atoms with Crippen molar-refractivity contribution in [2.45, 2.75) is 0 Å². The van der Waals surface area contributed by atoms with E-state index in [1.165, 1.54) is 0 Å². The molecule has 1 aliphatic rings. The summed E-state index contributed by atoms with van der Waals surface area (Å²) in [4.78, 5) is 23.7. The molecule has 0 aromatic rings. The predicted octanol–water partition coefficient (Wildman–Crippen LogP) is -2.78. The summed E-state index contributed by atoms with van der Waals surface area (Å²) in [5, 5.41) is 0. The van der Waals surface area contributed by atoms with Crippen LogP contribution in [0.1, 0.15) is 0 Å². The summed E-state index contributed by atoms with van der Waals surface area (Å²) in [7, 11) is -4.80. The summed E-state index contributed by atoms with van der Waals surface area (Å²) in [6.45, 7) is 0. The van der Waals surface area contributed by atoms with Crippen molar-refractivity contribution >= 4 is 53.8 Å². The molecule has 0 aliphatic carbocycles. The van der Waals surface area contributed by atoms with Crippen molar-refractivity contribution in [1.82, 2.24) is 0 Å². The van der Waals surface area contributed by atoms with E-state index in [4.69, 9.17) is 14.7 Å². The van der Waals surface area contributed by atoms with E-state index in [9.17, 15) is 0 Å². The summed E-state index contributed by atoms with van der Waals surface area (Å²) in [5.74, 6) is 0. The van der Waals surface area contributed by atoms with Gasteiger partial charge in [-0.25, -0.2) is 0 Å². The first-order valence-corrected chi connectivity index (χ1v) is 3.06. The van der Waals surface area contributed by atoms with Crippen LogP contribution in [0.4, 0.5) is 0 Å². The van der Waals surface area contributed by atoms with Crippen LogP contribution in [0.15, 0.2) is 0 Å². The molecule has 46 valence electrons. The third-order valence-corrected chi connectivity index (χ3v) is 0.824. The van der Waals surface area contributed by atoms with Crippen LogP contribution >= 0.6 is 7.74 Å². The van der Waals surface area contributed by atoms with E-state index in [1.807, 2.05) is 0 Å². The van der Waals surface area contributed by atoms with E-state index in [0.717, 1.165) is 0 Å². The van der Waals surface area contributed by atoms with Crippen molar-refractivity contribution in [1.29, 1.82) is 0 Å². The van der Waals surface area contributed by atoms with Gasteiger partial charge in [0.2, 0.25) is 0 Å². The van der Waals surface area contributed by atoms with Gasteiger partial charge in [-0.3, -0.25) is 0 Å². The Balaban J connectivity index is 0. The van der Waals surface area contributed by atoms with E-state index in [2.05, 4.69) is 9.35 Å². The zero-order chi connectivity index (χ0) is 4.86. The van der Waals surface area contributed by atoms with Gasteiger partial charge in [-0.2, -0.15) is 0 Å². The normalized spacial score (nSPS) is 32.1. The zero-order valence-electron chi connectivity index (χ0n) is 2.61. The quantitative estimate of drug-likeness (QED) is 0.157. The molecule has 1 aliphatic heterocycles. The Morgan fingerprint density at radius 2 is 1.00 bits per heavy atom. The van der Waals surface area contributed by atoms with Crippen LogP contribution in [-0.2, 0) is 9.35 Å². The van der Waals surface area contributed by atoms with Crippen LogP contribution in [0.3, 0.4) is 0 Å². The first kappa shape index (κ1) is 12.4. The summed E-state index contributed by atoms with van der Waals surface area (Å²) >= 11 is 0. The Bertz CT molecular complexity index is 74.2. The van der Waals surface area contributed by atoms with Gasteiger partial charge in [-0.15, -0.1) is 0 Å². The second kappa shape index (κ2) is 2.79. The van der Waals surface area contributed by atoms with Crippen LogP contribution in [0.2, 0.25) is 0 Å². The predicted molar refractivity (Wildman–Crippen MR) is 32.8 cm³/mol. The molecule has 1 fully saturated rings. The van der Waals surface area contributed by atoms with Crippen LogP contribution < -0.4 is 0 Å². The zero-order valence-corrected chi connectivity index (χ0v) is 3.50. The Morgan fingerprint density at radius 3 is 1.00 bits per heavy atom. The fourth-order valence-electron chi connectivity index (χ4n) is 0.0447. The van der Waals surface area contributed by atoms with Crippen LogP contribution in [0.25, 0.3) is 0 Å². The molecule has 0 aromatic carbocycles. The van der Waals surface area contributed by atoms with E-state index < -0.39 is 7.74 Å². The van der Waals surface area contributed by atoms with Gasteiger partial charge < -0.3 is 0 Å². The van der Waals surface area contributed by atoms with Gasteiger partial charge in [0.25, 0.3) is 0 Å². The number of hydrogen-bond donors (Lipinski definition) is 3. The fourth-order valence-corrected chi connectivity index (χ4v) is 0.402. The minimum Gasteiger partial charge on any atom is 0.316 e. The molecule has 8 heteroatoms. The fraction of sp³-hybridized carbons (Fsp3) is 0. The molecule has 0 bridgehead atoms. The molecule has 1 heterocycles. The van der Waals surface area contributed by atoms with E-state index in [0.29, 0.717) is 0 Å². The SMILES string of the molecule is OP1(O)(O)OO1.[MgH2].[MgH2]. The third kappa shape index (κ3) is 4.62. The molecule has 0 saturated carbocycles. The molecule has 0 spiro atoms. The second-order valence-corrected chi connectivity index (χ2v) is 2.95. The van der Waals surface area contributed by atoms with Crippen molar-refractivity contribution in [3.63, 3.8) is 0 Å². The molecule has 0 unspecified atom stereocenters. The smallest absolute Gasteiger partial charge is 0.316 e. The van der Waals surface area contributed by atoms with E-state index in [-0.39, 0.29) is 46.1 Å². The molecule has 8 heavy (non-hydrogen) atoms. The topological polar surface area (TPSA) is 85.8 Å². The van der Waals surface area contributed by atoms with Crippen LogP contribution in [0, 0.1) is 0 Å². The molecule has 5 nitrogen and oxygen atoms in total. The van der Waals surface area contributed by atoms with Gasteiger partial charge in [0.1, 0.15) is 0 Å². The molecule has 3 N–H and O–H groups in total.